The van der Waals surface area contributed by atoms with Crippen molar-refractivity contribution in [2.45, 2.75) is 12.5 Å². The number of fused-ring (bicyclic) bond motifs is 3. The lowest BCUT2D eigenvalue weighted by Gasteiger charge is -2.14. The summed E-state index contributed by atoms with van der Waals surface area (Å²) < 4.78 is 5.58. The molecule has 2 N–H and O–H groups in total. The van der Waals surface area contributed by atoms with Crippen LogP contribution in [0.1, 0.15) is 22.6 Å². The minimum absolute atomic E-state index is 0.0665. The number of hydrogen-bond donors (Lipinski definition) is 2. The molecule has 1 aliphatic rings. The number of benzene rings is 3. The highest BCUT2D eigenvalue weighted by molar-refractivity contribution is 5.79. The predicted octanol–water partition coefficient (Wildman–Crippen LogP) is 5.12. The number of aromatic nitrogens is 2. The molecule has 0 bridgehead atoms. The molecule has 4 aromatic rings. The first kappa shape index (κ1) is 18.2. The molecular formula is C25H21N3O2. The van der Waals surface area contributed by atoms with Crippen LogP contribution in [0.4, 0.5) is 4.79 Å². The third-order valence-corrected chi connectivity index (χ3v) is 5.55. The molecule has 5 nitrogen and oxygen atoms in total. The summed E-state index contributed by atoms with van der Waals surface area (Å²) in [6.07, 6.45) is 1.32. The van der Waals surface area contributed by atoms with Crippen LogP contribution in [-0.4, -0.2) is 22.9 Å². The zero-order valence-corrected chi connectivity index (χ0v) is 16.3. The van der Waals surface area contributed by atoms with Crippen LogP contribution >= 0.6 is 0 Å². The highest BCUT2D eigenvalue weighted by Gasteiger charge is 2.28. The monoisotopic (exact) mass is 395 g/mol. The molecule has 5 rings (SSSR count). The number of nitrogens with one attached hydrogen (secondary N) is 2. The first-order valence-electron chi connectivity index (χ1n) is 9.97. The van der Waals surface area contributed by atoms with Crippen molar-refractivity contribution in [2.24, 2.45) is 0 Å². The van der Waals surface area contributed by atoms with E-state index in [0.29, 0.717) is 13.2 Å². The molecule has 1 aliphatic carbocycles. The van der Waals surface area contributed by atoms with E-state index in [-0.39, 0.29) is 5.92 Å². The maximum Gasteiger partial charge on any atom is 0.407 e. The van der Waals surface area contributed by atoms with Crippen molar-refractivity contribution < 1.29 is 9.53 Å². The maximum absolute atomic E-state index is 12.3. The summed E-state index contributed by atoms with van der Waals surface area (Å²) in [6, 6.07) is 26.5. The van der Waals surface area contributed by atoms with Crippen LogP contribution in [0.15, 0.2) is 85.1 Å². The van der Waals surface area contributed by atoms with Gasteiger partial charge in [0.05, 0.1) is 5.69 Å². The Morgan fingerprint density at radius 3 is 2.20 bits per heavy atom. The van der Waals surface area contributed by atoms with Gasteiger partial charge in [-0.2, -0.15) is 5.10 Å². The predicted molar refractivity (Wildman–Crippen MR) is 116 cm³/mol. The number of carbonyl (C=O) groups excluding carboxylic acids is 1. The lowest BCUT2D eigenvalue weighted by atomic mass is 9.98. The minimum atomic E-state index is -0.408. The molecule has 1 amide bonds. The number of carbonyl (C=O) groups is 1. The number of aromatic amines is 1. The van der Waals surface area contributed by atoms with Gasteiger partial charge in [0.25, 0.3) is 0 Å². The van der Waals surface area contributed by atoms with Gasteiger partial charge in [-0.3, -0.25) is 5.10 Å². The molecule has 0 fully saturated rings. The normalized spacial score (nSPS) is 12.3. The van der Waals surface area contributed by atoms with Crippen LogP contribution in [0.5, 0.6) is 0 Å². The highest BCUT2D eigenvalue weighted by Crippen LogP contribution is 2.44. The Hall–Kier alpha value is -3.86. The van der Waals surface area contributed by atoms with Crippen LogP contribution in [-0.2, 0) is 11.3 Å². The van der Waals surface area contributed by atoms with Gasteiger partial charge in [-0.25, -0.2) is 4.79 Å². The maximum atomic E-state index is 12.3. The Kier molecular flexibility index (Phi) is 4.77. The van der Waals surface area contributed by atoms with Crippen LogP contribution < -0.4 is 5.32 Å². The van der Waals surface area contributed by atoms with Gasteiger partial charge in [0.1, 0.15) is 6.61 Å². The summed E-state index contributed by atoms with van der Waals surface area (Å²) in [5.41, 5.74) is 7.89. The molecule has 0 unspecified atom stereocenters. The molecule has 0 spiro atoms. The molecule has 0 saturated carbocycles. The molecule has 0 radical (unpaired) electrons. The number of rotatable bonds is 5. The second-order valence-electron chi connectivity index (χ2n) is 7.35. The third-order valence-electron chi connectivity index (χ3n) is 5.55. The van der Waals surface area contributed by atoms with Crippen molar-refractivity contribution in [3.8, 4) is 22.4 Å². The smallest absolute Gasteiger partial charge is 0.407 e. The van der Waals surface area contributed by atoms with E-state index in [1.807, 2.05) is 54.6 Å². The molecule has 0 aliphatic heterocycles. The van der Waals surface area contributed by atoms with E-state index in [1.165, 1.54) is 22.3 Å². The minimum Gasteiger partial charge on any atom is -0.449 e. The summed E-state index contributed by atoms with van der Waals surface area (Å²) >= 11 is 0. The average molecular weight is 395 g/mol. The molecule has 148 valence electrons. The summed E-state index contributed by atoms with van der Waals surface area (Å²) in [5, 5.41) is 9.75. The number of hydrogen-bond acceptors (Lipinski definition) is 3. The second kappa shape index (κ2) is 7.87. The van der Waals surface area contributed by atoms with Crippen molar-refractivity contribution in [1.82, 2.24) is 15.5 Å². The average Bonchev–Trinajstić information content (AvgIpc) is 3.44. The van der Waals surface area contributed by atoms with E-state index in [0.717, 1.165) is 16.8 Å². The van der Waals surface area contributed by atoms with E-state index < -0.39 is 6.09 Å². The van der Waals surface area contributed by atoms with Crippen LogP contribution in [0.3, 0.4) is 0 Å². The van der Waals surface area contributed by atoms with E-state index in [4.69, 9.17) is 4.74 Å². The van der Waals surface area contributed by atoms with Crippen molar-refractivity contribution in [3.63, 3.8) is 0 Å². The van der Waals surface area contributed by atoms with Crippen LogP contribution in [0, 0.1) is 0 Å². The number of H-pyrrole nitrogens is 1. The molecular weight excluding hydrogens is 374 g/mol. The van der Waals surface area contributed by atoms with E-state index in [9.17, 15) is 4.79 Å². The van der Waals surface area contributed by atoms with Gasteiger partial charge in [-0.15, -0.1) is 0 Å². The molecule has 0 atom stereocenters. The van der Waals surface area contributed by atoms with Crippen molar-refractivity contribution in [3.05, 3.63) is 102 Å². The highest BCUT2D eigenvalue weighted by atomic mass is 16.5. The Morgan fingerprint density at radius 2 is 1.57 bits per heavy atom. The first-order chi connectivity index (χ1) is 14.8. The van der Waals surface area contributed by atoms with Gasteiger partial charge in [0.15, 0.2) is 0 Å². The molecule has 0 saturated heterocycles. The largest absolute Gasteiger partial charge is 0.449 e. The van der Waals surface area contributed by atoms with E-state index >= 15 is 0 Å². The van der Waals surface area contributed by atoms with E-state index in [2.05, 4.69) is 39.8 Å². The lowest BCUT2D eigenvalue weighted by molar-refractivity contribution is 0.142. The van der Waals surface area contributed by atoms with Gasteiger partial charge in [-0.05, 0) is 39.4 Å². The SMILES string of the molecule is O=C(NCc1ccc(-c2ccn[nH]2)cc1)OCC1c2ccccc2-c2ccccc21. The van der Waals surface area contributed by atoms with Gasteiger partial charge in [0.2, 0.25) is 0 Å². The van der Waals surface area contributed by atoms with Crippen molar-refractivity contribution in [2.75, 3.05) is 6.61 Å². The van der Waals surface area contributed by atoms with Gasteiger partial charge >= 0.3 is 6.09 Å². The Balaban J connectivity index is 1.20. The Bertz CT molecular complexity index is 1120. The summed E-state index contributed by atoms with van der Waals surface area (Å²) in [4.78, 5) is 12.3. The zero-order chi connectivity index (χ0) is 20.3. The quantitative estimate of drug-likeness (QED) is 0.493. The number of alkyl carbamates (subject to hydrolysis) is 1. The zero-order valence-electron chi connectivity index (χ0n) is 16.3. The molecule has 30 heavy (non-hydrogen) atoms. The van der Waals surface area contributed by atoms with Gasteiger partial charge < -0.3 is 10.1 Å². The third kappa shape index (κ3) is 3.46. The molecule has 1 aromatic heterocycles. The van der Waals surface area contributed by atoms with E-state index in [1.54, 1.807) is 6.20 Å². The standard InChI is InChI=1S/C25H21N3O2/c29-25(26-15-17-9-11-18(12-10-17)24-13-14-27-28-24)30-16-23-21-7-3-1-5-19(21)20-6-2-4-8-22(20)23/h1-14,23H,15-16H2,(H,26,29)(H,27,28). The van der Waals surface area contributed by atoms with Crippen LogP contribution in [0.25, 0.3) is 22.4 Å². The molecule has 3 aromatic carbocycles. The summed E-state index contributed by atoms with van der Waals surface area (Å²) in [6.45, 7) is 0.735. The fraction of sp³-hybridized carbons (Fsp3) is 0.120. The van der Waals surface area contributed by atoms with Gasteiger partial charge in [-0.1, -0.05) is 72.8 Å². The van der Waals surface area contributed by atoms with Gasteiger partial charge in [0, 0.05) is 18.7 Å². The number of ether oxygens (including phenoxy) is 1. The fourth-order valence-electron chi connectivity index (χ4n) is 4.04. The number of amides is 1. The summed E-state index contributed by atoms with van der Waals surface area (Å²) in [5.74, 6) is 0.0665. The molecule has 5 heteroatoms. The number of nitrogens with zero attached hydrogens (tertiary/aromatic N) is 1. The second-order valence-corrected chi connectivity index (χ2v) is 7.35. The fourth-order valence-corrected chi connectivity index (χ4v) is 4.04. The Labute approximate surface area is 174 Å². The van der Waals surface area contributed by atoms with Crippen molar-refractivity contribution in [1.29, 1.82) is 0 Å². The Morgan fingerprint density at radius 1 is 0.900 bits per heavy atom. The first-order valence-corrected chi connectivity index (χ1v) is 9.97. The lowest BCUT2D eigenvalue weighted by Crippen LogP contribution is -2.25. The van der Waals surface area contributed by atoms with Crippen LogP contribution in [0.2, 0.25) is 0 Å². The topological polar surface area (TPSA) is 67.0 Å². The summed E-state index contributed by atoms with van der Waals surface area (Å²) in [7, 11) is 0. The molecule has 1 heterocycles. The van der Waals surface area contributed by atoms with Crippen molar-refractivity contribution >= 4 is 6.09 Å².